The van der Waals surface area contributed by atoms with Crippen molar-refractivity contribution in [2.45, 2.75) is 12.6 Å². The molecule has 0 amide bonds. The van der Waals surface area contributed by atoms with Gasteiger partial charge in [-0.05, 0) is 29.5 Å². The van der Waals surface area contributed by atoms with Gasteiger partial charge in [0.05, 0.1) is 23.1 Å². The molecule has 0 saturated heterocycles. The lowest BCUT2D eigenvalue weighted by Gasteiger charge is -2.29. The highest BCUT2D eigenvalue weighted by atomic mass is 35.5. The molecule has 1 unspecified atom stereocenters. The highest BCUT2D eigenvalue weighted by Gasteiger charge is 2.30. The number of aromatic nitrogens is 1. The summed E-state index contributed by atoms with van der Waals surface area (Å²) >= 11 is 6.10. The second-order valence-corrected chi connectivity index (χ2v) is 6.97. The van der Waals surface area contributed by atoms with Gasteiger partial charge >= 0.3 is 0 Å². The number of benzene rings is 2. The molecule has 1 aromatic heterocycles. The van der Waals surface area contributed by atoms with Gasteiger partial charge in [-0.1, -0.05) is 73.3 Å². The minimum absolute atomic E-state index is 0.0645. The summed E-state index contributed by atoms with van der Waals surface area (Å²) in [7, 11) is 0. The Morgan fingerprint density at radius 1 is 1.07 bits per heavy atom. The molecule has 4 rings (SSSR count). The number of fused-ring (bicyclic) bond motifs is 1. The molecule has 0 radical (unpaired) electrons. The second-order valence-electron chi connectivity index (χ2n) is 6.53. The van der Waals surface area contributed by atoms with Crippen LogP contribution in [0, 0.1) is 0 Å². The number of nitrogens with zero attached hydrogens (tertiary/aromatic N) is 1. The van der Waals surface area contributed by atoms with Crippen LogP contribution in [-0.2, 0) is 6.54 Å². The summed E-state index contributed by atoms with van der Waals surface area (Å²) in [4.78, 5) is 0. The SMILES string of the molecule is C=CNc1c(C=C)c(-c2ccccc2)n2c1C(c1ccc(Cl)cc1)NCC2. The summed E-state index contributed by atoms with van der Waals surface area (Å²) < 4.78 is 2.40. The van der Waals surface area contributed by atoms with Crippen LogP contribution in [0.25, 0.3) is 17.3 Å². The lowest BCUT2D eigenvalue weighted by molar-refractivity contribution is 0.471. The fourth-order valence-corrected chi connectivity index (χ4v) is 4.02. The Morgan fingerprint density at radius 2 is 1.81 bits per heavy atom. The third-order valence-corrected chi connectivity index (χ3v) is 5.25. The van der Waals surface area contributed by atoms with E-state index in [9.17, 15) is 0 Å². The summed E-state index contributed by atoms with van der Waals surface area (Å²) in [6, 6.07) is 18.6. The molecule has 0 aliphatic carbocycles. The van der Waals surface area contributed by atoms with Crippen LogP contribution in [0.5, 0.6) is 0 Å². The molecule has 3 nitrogen and oxygen atoms in total. The zero-order chi connectivity index (χ0) is 18.8. The van der Waals surface area contributed by atoms with Gasteiger partial charge in [-0.3, -0.25) is 0 Å². The first kappa shape index (κ1) is 17.7. The van der Waals surface area contributed by atoms with Crippen molar-refractivity contribution < 1.29 is 0 Å². The lowest BCUT2D eigenvalue weighted by Crippen LogP contribution is -2.34. The number of nitrogens with one attached hydrogen (secondary N) is 2. The molecule has 1 aliphatic rings. The predicted octanol–water partition coefficient (Wildman–Crippen LogP) is 5.70. The van der Waals surface area contributed by atoms with E-state index in [1.165, 1.54) is 22.5 Å². The van der Waals surface area contributed by atoms with Crippen LogP contribution in [0.3, 0.4) is 0 Å². The maximum atomic E-state index is 6.10. The monoisotopic (exact) mass is 375 g/mol. The van der Waals surface area contributed by atoms with Crippen molar-refractivity contribution in [3.05, 3.63) is 95.8 Å². The molecule has 4 heteroatoms. The van der Waals surface area contributed by atoms with Crippen molar-refractivity contribution in [2.24, 2.45) is 0 Å². The van der Waals surface area contributed by atoms with E-state index in [2.05, 4.69) is 64.8 Å². The van der Waals surface area contributed by atoms with Crippen molar-refractivity contribution >= 4 is 23.4 Å². The third kappa shape index (κ3) is 3.09. The zero-order valence-corrected chi connectivity index (χ0v) is 15.8. The van der Waals surface area contributed by atoms with Crippen molar-refractivity contribution in [3.8, 4) is 11.3 Å². The number of hydrogen-bond acceptors (Lipinski definition) is 2. The highest BCUT2D eigenvalue weighted by Crippen LogP contribution is 2.42. The van der Waals surface area contributed by atoms with Gasteiger partial charge in [-0.25, -0.2) is 0 Å². The van der Waals surface area contributed by atoms with Gasteiger partial charge in [-0.15, -0.1) is 0 Å². The summed E-state index contributed by atoms with van der Waals surface area (Å²) in [5.74, 6) is 0. The maximum absolute atomic E-state index is 6.10. The van der Waals surface area contributed by atoms with E-state index in [0.717, 1.165) is 29.4 Å². The molecule has 27 heavy (non-hydrogen) atoms. The smallest absolute Gasteiger partial charge is 0.0753 e. The van der Waals surface area contributed by atoms with Gasteiger partial charge in [0.25, 0.3) is 0 Å². The van der Waals surface area contributed by atoms with Crippen molar-refractivity contribution in [2.75, 3.05) is 11.9 Å². The summed E-state index contributed by atoms with van der Waals surface area (Å²) in [6.07, 6.45) is 3.66. The van der Waals surface area contributed by atoms with E-state index in [1.807, 2.05) is 24.3 Å². The molecular formula is C23H22ClN3. The Bertz CT molecular complexity index is 971. The van der Waals surface area contributed by atoms with Crippen LogP contribution >= 0.6 is 11.6 Å². The number of anilines is 1. The number of hydrogen-bond donors (Lipinski definition) is 2. The lowest BCUT2D eigenvalue weighted by atomic mass is 10.00. The van der Waals surface area contributed by atoms with E-state index in [0.29, 0.717) is 0 Å². The Labute approximate surface area is 165 Å². The van der Waals surface area contributed by atoms with Crippen LogP contribution in [0.4, 0.5) is 5.69 Å². The van der Waals surface area contributed by atoms with E-state index >= 15 is 0 Å². The summed E-state index contributed by atoms with van der Waals surface area (Å²) in [6.45, 7) is 9.75. The van der Waals surface area contributed by atoms with Crippen molar-refractivity contribution in [1.29, 1.82) is 0 Å². The standard InChI is InChI=1S/C23H22ClN3/c1-3-19-21(25-4-2)23-20(16-10-12-18(24)13-11-16)26-14-15-27(23)22(19)17-8-6-5-7-9-17/h3-13,20,25-26H,1-2,14-15H2. The molecule has 136 valence electrons. The minimum Gasteiger partial charge on any atom is -0.360 e. The molecule has 0 spiro atoms. The number of rotatable bonds is 5. The Morgan fingerprint density at radius 3 is 2.48 bits per heavy atom. The predicted molar refractivity (Wildman–Crippen MR) is 115 cm³/mol. The van der Waals surface area contributed by atoms with Crippen LogP contribution in [0.15, 0.2) is 74.0 Å². The average molecular weight is 376 g/mol. The molecular weight excluding hydrogens is 354 g/mol. The molecule has 2 aromatic carbocycles. The molecule has 0 saturated carbocycles. The van der Waals surface area contributed by atoms with E-state index in [-0.39, 0.29) is 6.04 Å². The van der Waals surface area contributed by atoms with Gasteiger partial charge in [0.2, 0.25) is 0 Å². The average Bonchev–Trinajstić information content (AvgIpc) is 3.03. The topological polar surface area (TPSA) is 29.0 Å². The van der Waals surface area contributed by atoms with Gasteiger partial charge in [0.1, 0.15) is 0 Å². The van der Waals surface area contributed by atoms with Crippen LogP contribution < -0.4 is 10.6 Å². The molecule has 0 bridgehead atoms. The normalized spacial score (nSPS) is 15.8. The molecule has 2 N–H and O–H groups in total. The zero-order valence-electron chi connectivity index (χ0n) is 15.1. The quantitative estimate of drug-likeness (QED) is 0.599. The molecule has 1 aliphatic heterocycles. The molecule has 1 atom stereocenters. The van der Waals surface area contributed by atoms with Crippen molar-refractivity contribution in [3.63, 3.8) is 0 Å². The largest absolute Gasteiger partial charge is 0.360 e. The van der Waals surface area contributed by atoms with Gasteiger partial charge in [-0.2, -0.15) is 0 Å². The molecule has 3 aromatic rings. The van der Waals surface area contributed by atoms with Crippen LogP contribution in [-0.4, -0.2) is 11.1 Å². The Balaban J connectivity index is 1.97. The minimum atomic E-state index is 0.0645. The van der Waals surface area contributed by atoms with Crippen molar-refractivity contribution in [1.82, 2.24) is 9.88 Å². The third-order valence-electron chi connectivity index (χ3n) is 5.00. The van der Waals surface area contributed by atoms with Gasteiger partial charge in [0, 0.05) is 23.7 Å². The van der Waals surface area contributed by atoms with E-state index in [1.54, 1.807) is 6.20 Å². The van der Waals surface area contributed by atoms with Crippen LogP contribution in [0.2, 0.25) is 5.02 Å². The van der Waals surface area contributed by atoms with Crippen LogP contribution in [0.1, 0.15) is 22.9 Å². The summed E-state index contributed by atoms with van der Waals surface area (Å²) in [5.41, 5.74) is 6.88. The summed E-state index contributed by atoms with van der Waals surface area (Å²) in [5, 5.41) is 7.76. The molecule has 2 heterocycles. The Hall–Kier alpha value is -2.75. The highest BCUT2D eigenvalue weighted by molar-refractivity contribution is 6.30. The Kier molecular flexibility index (Phi) is 4.88. The van der Waals surface area contributed by atoms with Gasteiger partial charge < -0.3 is 15.2 Å². The fraction of sp³-hybridized carbons (Fsp3) is 0.130. The van der Waals surface area contributed by atoms with Gasteiger partial charge in [0.15, 0.2) is 0 Å². The number of halogens is 1. The van der Waals surface area contributed by atoms with E-state index < -0.39 is 0 Å². The maximum Gasteiger partial charge on any atom is 0.0753 e. The molecule has 0 fully saturated rings. The second kappa shape index (κ2) is 7.47. The first-order valence-electron chi connectivity index (χ1n) is 9.05. The van der Waals surface area contributed by atoms with E-state index in [4.69, 9.17) is 11.6 Å². The first-order chi connectivity index (χ1) is 13.2. The fourth-order valence-electron chi connectivity index (χ4n) is 3.90. The first-order valence-corrected chi connectivity index (χ1v) is 9.43.